The molecule has 3 aromatic carbocycles. The molecule has 1 amide bonds. The summed E-state index contributed by atoms with van der Waals surface area (Å²) < 4.78 is 36.9. The molecular weight excluding hydrogens is 488 g/mol. The zero-order chi connectivity index (χ0) is 25.7. The van der Waals surface area contributed by atoms with Crippen molar-refractivity contribution in [3.8, 4) is 5.75 Å². The van der Waals surface area contributed by atoms with Crippen molar-refractivity contribution in [1.29, 1.82) is 0 Å². The summed E-state index contributed by atoms with van der Waals surface area (Å²) in [7, 11) is -2.87. The highest BCUT2D eigenvalue weighted by Gasteiger charge is 2.14. The van der Waals surface area contributed by atoms with Gasteiger partial charge in [0.15, 0.2) is 0 Å². The molecule has 184 valence electrons. The van der Waals surface area contributed by atoms with Gasteiger partial charge >= 0.3 is 5.69 Å². The smallest absolute Gasteiger partial charge is 0.351 e. The monoisotopic (exact) mass is 508 g/mol. The molecule has 0 radical (unpaired) electrons. The molecule has 0 unspecified atom stereocenters. The molecule has 4 aromatic rings. The van der Waals surface area contributed by atoms with Gasteiger partial charge in [-0.25, -0.2) is 4.79 Å². The van der Waals surface area contributed by atoms with Gasteiger partial charge in [-0.1, -0.05) is 18.2 Å². The summed E-state index contributed by atoms with van der Waals surface area (Å²) in [5.74, 6) is 0.367. The van der Waals surface area contributed by atoms with Gasteiger partial charge in [-0.3, -0.25) is 19.2 Å². The molecule has 0 aliphatic rings. The minimum Gasteiger partial charge on any atom is -0.495 e. The van der Waals surface area contributed by atoms with E-state index < -0.39 is 15.8 Å². The van der Waals surface area contributed by atoms with Crippen molar-refractivity contribution in [3.63, 3.8) is 0 Å². The number of methoxy groups -OCH3 is 1. The van der Waals surface area contributed by atoms with Gasteiger partial charge in [-0.2, -0.15) is 18.4 Å². The number of carbonyl (C=O) groups is 1. The van der Waals surface area contributed by atoms with Crippen LogP contribution in [0, 0.1) is 0 Å². The van der Waals surface area contributed by atoms with Crippen molar-refractivity contribution in [2.24, 2.45) is 0 Å². The zero-order valence-electron chi connectivity index (χ0n) is 18.7. The van der Waals surface area contributed by atoms with Crippen LogP contribution in [0.25, 0.3) is 0 Å². The number of benzene rings is 3. The van der Waals surface area contributed by atoms with Crippen LogP contribution < -0.4 is 26.0 Å². The Morgan fingerprint density at radius 3 is 2.33 bits per heavy atom. The number of hydrogen-bond acceptors (Lipinski definition) is 9. The number of nitrogens with zero attached hydrogens (tertiary/aromatic N) is 3. The van der Waals surface area contributed by atoms with E-state index in [1.807, 2.05) is 18.2 Å². The molecule has 0 aliphatic heterocycles. The number of carbonyl (C=O) groups excluding carboxylic acids is 1. The lowest BCUT2D eigenvalue weighted by molar-refractivity contribution is -0.106. The van der Waals surface area contributed by atoms with Crippen molar-refractivity contribution in [2.45, 2.75) is 4.90 Å². The first-order valence-electron chi connectivity index (χ1n) is 10.3. The van der Waals surface area contributed by atoms with E-state index in [0.29, 0.717) is 34.9 Å². The third kappa shape index (κ3) is 5.65. The summed E-state index contributed by atoms with van der Waals surface area (Å²) in [6.07, 6.45) is 0.681. The maximum Gasteiger partial charge on any atom is 0.351 e. The first-order chi connectivity index (χ1) is 17.3. The number of aromatic amines is 1. The number of anilines is 6. The maximum absolute atomic E-state index is 12.2. The Kier molecular flexibility index (Phi) is 6.94. The molecule has 1 heterocycles. The fourth-order valence-corrected chi connectivity index (χ4v) is 3.75. The Bertz CT molecular complexity index is 1540. The van der Waals surface area contributed by atoms with Crippen LogP contribution in [0.5, 0.6) is 5.75 Å². The SMILES string of the molecule is COc1ccc(N(C=O)c2ccccc2)cc1Nc1nc(Nc2ccc(S(=O)(=O)O)cc2)[nH]c(=O)n1. The van der Waals surface area contributed by atoms with Crippen molar-refractivity contribution in [1.82, 2.24) is 15.0 Å². The van der Waals surface area contributed by atoms with E-state index in [1.165, 1.54) is 36.3 Å². The molecular formula is C23H20N6O6S. The molecule has 4 rings (SSSR count). The van der Waals surface area contributed by atoms with Crippen molar-refractivity contribution < 1.29 is 22.5 Å². The Morgan fingerprint density at radius 2 is 1.69 bits per heavy atom. The predicted octanol–water partition coefficient (Wildman–Crippen LogP) is 3.20. The Balaban J connectivity index is 1.62. The number of hydrogen-bond donors (Lipinski definition) is 4. The molecule has 12 nitrogen and oxygen atoms in total. The number of para-hydroxylation sites is 1. The highest BCUT2D eigenvalue weighted by molar-refractivity contribution is 7.85. The van der Waals surface area contributed by atoms with E-state index in [0.717, 1.165) is 0 Å². The van der Waals surface area contributed by atoms with Crippen molar-refractivity contribution in [2.75, 3.05) is 22.6 Å². The van der Waals surface area contributed by atoms with Crippen LogP contribution in [0.3, 0.4) is 0 Å². The summed E-state index contributed by atoms with van der Waals surface area (Å²) in [4.78, 5) is 35.6. The molecule has 0 spiro atoms. The van der Waals surface area contributed by atoms with Crippen LogP contribution in [0.15, 0.2) is 82.5 Å². The summed E-state index contributed by atoms with van der Waals surface area (Å²) in [6.45, 7) is 0. The quantitative estimate of drug-likeness (QED) is 0.195. The summed E-state index contributed by atoms with van der Waals surface area (Å²) in [6, 6.07) is 19.2. The van der Waals surface area contributed by atoms with Crippen LogP contribution in [0.4, 0.5) is 34.6 Å². The minimum atomic E-state index is -4.33. The second kappa shape index (κ2) is 10.2. The number of aromatic nitrogens is 3. The average Bonchev–Trinajstić information content (AvgIpc) is 2.85. The van der Waals surface area contributed by atoms with Gasteiger partial charge in [0.05, 0.1) is 23.4 Å². The van der Waals surface area contributed by atoms with Crippen molar-refractivity contribution in [3.05, 3.63) is 83.3 Å². The first-order valence-corrected chi connectivity index (χ1v) is 11.8. The van der Waals surface area contributed by atoms with E-state index in [9.17, 15) is 18.0 Å². The van der Waals surface area contributed by atoms with E-state index in [4.69, 9.17) is 9.29 Å². The molecule has 0 saturated carbocycles. The average molecular weight is 509 g/mol. The molecule has 4 N–H and O–H groups in total. The first kappa shape index (κ1) is 24.4. The zero-order valence-corrected chi connectivity index (χ0v) is 19.6. The third-order valence-corrected chi connectivity index (χ3v) is 5.78. The maximum atomic E-state index is 12.2. The van der Waals surface area contributed by atoms with Gasteiger partial charge in [0.2, 0.25) is 18.3 Å². The number of H-pyrrole nitrogens is 1. The lowest BCUT2D eigenvalue weighted by Crippen LogP contribution is -2.17. The van der Waals surface area contributed by atoms with E-state index in [2.05, 4.69) is 25.6 Å². The summed E-state index contributed by atoms with van der Waals surface area (Å²) >= 11 is 0. The second-order valence-electron chi connectivity index (χ2n) is 7.27. The van der Waals surface area contributed by atoms with Crippen LogP contribution >= 0.6 is 0 Å². The molecule has 0 atom stereocenters. The molecule has 0 fully saturated rings. The van der Waals surface area contributed by atoms with Crippen LogP contribution in [-0.4, -0.2) is 41.4 Å². The van der Waals surface area contributed by atoms with E-state index >= 15 is 0 Å². The third-order valence-electron chi connectivity index (χ3n) is 4.91. The molecule has 36 heavy (non-hydrogen) atoms. The molecule has 0 saturated heterocycles. The molecule has 1 aromatic heterocycles. The van der Waals surface area contributed by atoms with Crippen molar-refractivity contribution >= 4 is 51.2 Å². The van der Waals surface area contributed by atoms with E-state index in [1.54, 1.807) is 30.3 Å². The highest BCUT2D eigenvalue weighted by atomic mass is 32.2. The molecule has 0 bridgehead atoms. The number of nitrogens with one attached hydrogen (secondary N) is 3. The predicted molar refractivity (Wildman–Crippen MR) is 133 cm³/mol. The van der Waals surface area contributed by atoms with Crippen LogP contribution in [0.1, 0.15) is 0 Å². The Labute approximate surface area is 205 Å². The number of ether oxygens (including phenoxy) is 1. The second-order valence-corrected chi connectivity index (χ2v) is 8.69. The summed E-state index contributed by atoms with van der Waals surface area (Å²) in [5, 5.41) is 5.76. The number of rotatable bonds is 9. The lowest BCUT2D eigenvalue weighted by atomic mass is 10.2. The lowest BCUT2D eigenvalue weighted by Gasteiger charge is -2.20. The molecule has 0 aliphatic carbocycles. The van der Waals surface area contributed by atoms with Gasteiger partial charge in [-0.15, -0.1) is 0 Å². The van der Waals surface area contributed by atoms with Gasteiger partial charge in [0.25, 0.3) is 10.1 Å². The van der Waals surface area contributed by atoms with Gasteiger partial charge in [0, 0.05) is 11.4 Å². The standard InChI is InChI=1S/C23H20N6O6S/c1-35-20-12-9-17(29(14-30)16-5-3-2-4-6-16)13-19(20)25-22-26-21(27-23(31)28-22)24-15-7-10-18(11-8-15)36(32,33)34/h2-14H,1H3,(H,32,33,34)(H3,24,25,26,27,28,31). The minimum absolute atomic E-state index is 0.0195. The highest BCUT2D eigenvalue weighted by Crippen LogP contribution is 2.33. The topological polar surface area (TPSA) is 167 Å². The largest absolute Gasteiger partial charge is 0.495 e. The summed E-state index contributed by atoms with van der Waals surface area (Å²) in [5.41, 5.74) is 1.27. The Hall–Kier alpha value is -4.75. The Morgan fingerprint density at radius 1 is 0.972 bits per heavy atom. The van der Waals surface area contributed by atoms with Crippen LogP contribution in [0.2, 0.25) is 0 Å². The van der Waals surface area contributed by atoms with Gasteiger partial charge in [0.1, 0.15) is 5.75 Å². The number of amides is 1. The fraction of sp³-hybridized carbons (Fsp3) is 0.0435. The van der Waals surface area contributed by atoms with Gasteiger partial charge in [-0.05, 0) is 54.6 Å². The van der Waals surface area contributed by atoms with E-state index in [-0.39, 0.29) is 16.8 Å². The molecule has 13 heteroatoms. The fourth-order valence-electron chi connectivity index (χ4n) is 3.27. The van der Waals surface area contributed by atoms with Crippen LogP contribution in [-0.2, 0) is 14.9 Å². The normalized spacial score (nSPS) is 10.9. The van der Waals surface area contributed by atoms with Gasteiger partial charge < -0.3 is 15.4 Å².